The average Bonchev–Trinajstić information content (AvgIpc) is 3.44. The van der Waals surface area contributed by atoms with Crippen molar-refractivity contribution in [1.29, 1.82) is 0 Å². The Labute approximate surface area is 190 Å². The molecule has 31 heavy (non-hydrogen) atoms. The first kappa shape index (κ1) is 21.1. The highest BCUT2D eigenvalue weighted by Crippen LogP contribution is 2.40. The molecule has 2 amide bonds. The summed E-state index contributed by atoms with van der Waals surface area (Å²) in [6.45, 7) is 1.58. The Morgan fingerprint density at radius 3 is 2.61 bits per heavy atom. The summed E-state index contributed by atoms with van der Waals surface area (Å²) in [5.41, 5.74) is 4.62. The van der Waals surface area contributed by atoms with E-state index in [1.165, 1.54) is 29.5 Å². The number of rotatable bonds is 4. The first-order chi connectivity index (χ1) is 14.5. The van der Waals surface area contributed by atoms with Gasteiger partial charge in [-0.3, -0.25) is 15.0 Å². The van der Waals surface area contributed by atoms with Gasteiger partial charge in [-0.1, -0.05) is 18.2 Å². The van der Waals surface area contributed by atoms with Crippen LogP contribution in [0.1, 0.15) is 6.92 Å². The molecule has 0 radical (unpaired) electrons. The average molecular weight is 473 g/mol. The van der Waals surface area contributed by atoms with Crippen LogP contribution in [0, 0.1) is 5.82 Å². The molecule has 0 saturated heterocycles. The van der Waals surface area contributed by atoms with Crippen LogP contribution in [0.15, 0.2) is 58.8 Å². The molecular weight excluding hydrogens is 459 g/mol. The minimum atomic E-state index is -0.468. The summed E-state index contributed by atoms with van der Waals surface area (Å²) >= 11 is 2.99. The van der Waals surface area contributed by atoms with Crippen LogP contribution in [0.4, 0.5) is 10.2 Å². The zero-order valence-corrected chi connectivity index (χ0v) is 18.4. The summed E-state index contributed by atoms with van der Waals surface area (Å²) in [7, 11) is 0. The van der Waals surface area contributed by atoms with E-state index in [0.717, 1.165) is 15.4 Å². The third-order valence-corrected chi connectivity index (χ3v) is 6.40. The van der Waals surface area contributed by atoms with Gasteiger partial charge >= 0.3 is 0 Å². The number of thiophene rings is 2. The predicted octanol–water partition coefficient (Wildman–Crippen LogP) is 5.29. The molecule has 5 rings (SSSR count). The standard InChI is InChI=1S/C21H13FN4O2S2.ClH/c1-11-8-16(27)26(21(11)28)25-19-17-14(15-6-3-7-29-15)10-30-20(17)24-18(23-19)12-4-2-5-13(22)9-12;/h2-10H,1H3,(H,23,24,25);1H. The van der Waals surface area contributed by atoms with Crippen LogP contribution in [-0.4, -0.2) is 26.8 Å². The molecule has 0 saturated carbocycles. The third kappa shape index (κ3) is 3.71. The molecule has 0 fully saturated rings. The van der Waals surface area contributed by atoms with E-state index >= 15 is 0 Å². The maximum Gasteiger partial charge on any atom is 0.275 e. The Bertz CT molecular complexity index is 1350. The number of imide groups is 1. The minimum Gasteiger partial charge on any atom is -0.271 e. The van der Waals surface area contributed by atoms with Crippen molar-refractivity contribution in [2.75, 3.05) is 5.43 Å². The molecule has 10 heteroatoms. The highest BCUT2D eigenvalue weighted by atomic mass is 35.5. The van der Waals surface area contributed by atoms with Crippen LogP contribution in [-0.2, 0) is 9.59 Å². The molecule has 1 N–H and O–H groups in total. The van der Waals surface area contributed by atoms with Crippen molar-refractivity contribution in [3.8, 4) is 21.8 Å². The second kappa shape index (κ2) is 8.18. The highest BCUT2D eigenvalue weighted by Gasteiger charge is 2.30. The van der Waals surface area contributed by atoms with Gasteiger partial charge in [-0.05, 0) is 30.5 Å². The summed E-state index contributed by atoms with van der Waals surface area (Å²) in [4.78, 5) is 35.5. The smallest absolute Gasteiger partial charge is 0.271 e. The lowest BCUT2D eigenvalue weighted by molar-refractivity contribution is -0.135. The Kier molecular flexibility index (Phi) is 5.57. The Hall–Kier alpha value is -3.14. The van der Waals surface area contributed by atoms with Gasteiger partial charge in [-0.15, -0.1) is 35.1 Å². The van der Waals surface area contributed by atoms with Gasteiger partial charge in [0.25, 0.3) is 11.8 Å². The first-order valence-electron chi connectivity index (χ1n) is 8.93. The quantitative estimate of drug-likeness (QED) is 0.408. The van der Waals surface area contributed by atoms with Gasteiger partial charge in [0, 0.05) is 33.0 Å². The Morgan fingerprint density at radius 1 is 1.10 bits per heavy atom. The van der Waals surface area contributed by atoms with Gasteiger partial charge < -0.3 is 0 Å². The molecule has 4 aromatic rings. The van der Waals surface area contributed by atoms with E-state index in [9.17, 15) is 14.0 Å². The number of nitrogens with zero attached hydrogens (tertiary/aromatic N) is 3. The van der Waals surface area contributed by atoms with Gasteiger partial charge in [-0.2, -0.15) is 5.01 Å². The maximum absolute atomic E-state index is 13.8. The van der Waals surface area contributed by atoms with Crippen LogP contribution in [0.3, 0.4) is 0 Å². The number of hydrogen-bond donors (Lipinski definition) is 1. The fourth-order valence-corrected chi connectivity index (χ4v) is 4.95. The second-order valence-electron chi connectivity index (χ2n) is 6.63. The largest absolute Gasteiger partial charge is 0.275 e. The molecule has 6 nitrogen and oxygen atoms in total. The van der Waals surface area contributed by atoms with Crippen molar-refractivity contribution in [3.05, 3.63) is 64.6 Å². The van der Waals surface area contributed by atoms with Gasteiger partial charge in [0.05, 0.1) is 5.39 Å². The molecule has 156 valence electrons. The number of anilines is 1. The molecule has 3 aromatic heterocycles. The van der Waals surface area contributed by atoms with Crippen LogP contribution in [0.25, 0.3) is 32.0 Å². The molecular formula is C21H14ClFN4O2S2. The van der Waals surface area contributed by atoms with Gasteiger partial charge in [-0.25, -0.2) is 14.4 Å². The number of nitrogens with one attached hydrogen (secondary N) is 1. The molecule has 0 spiro atoms. The van der Waals surface area contributed by atoms with Crippen molar-refractivity contribution in [2.24, 2.45) is 0 Å². The zero-order chi connectivity index (χ0) is 20.8. The number of fused-ring (bicyclic) bond motifs is 1. The Morgan fingerprint density at radius 2 is 1.94 bits per heavy atom. The third-order valence-electron chi connectivity index (χ3n) is 4.62. The summed E-state index contributed by atoms with van der Waals surface area (Å²) in [6.07, 6.45) is 1.27. The number of hydrazine groups is 1. The van der Waals surface area contributed by atoms with Crippen LogP contribution >= 0.6 is 35.1 Å². The number of hydrogen-bond acceptors (Lipinski definition) is 7. The molecule has 4 heterocycles. The fraction of sp³-hybridized carbons (Fsp3) is 0.0476. The molecule has 0 atom stereocenters. The molecule has 1 aromatic carbocycles. The van der Waals surface area contributed by atoms with E-state index in [-0.39, 0.29) is 12.4 Å². The molecule has 1 aliphatic rings. The fourth-order valence-electron chi connectivity index (χ4n) is 3.19. The summed E-state index contributed by atoms with van der Waals surface area (Å²) in [5.74, 6) is -0.695. The molecule has 0 aliphatic carbocycles. The zero-order valence-electron chi connectivity index (χ0n) is 16.0. The summed E-state index contributed by atoms with van der Waals surface area (Å²) < 4.78 is 13.8. The predicted molar refractivity (Wildman–Crippen MR) is 123 cm³/mol. The van der Waals surface area contributed by atoms with Crippen LogP contribution < -0.4 is 5.43 Å². The topological polar surface area (TPSA) is 75.2 Å². The molecule has 0 bridgehead atoms. The molecule has 1 aliphatic heterocycles. The van der Waals surface area contributed by atoms with E-state index in [1.807, 2.05) is 22.9 Å². The van der Waals surface area contributed by atoms with Crippen molar-refractivity contribution < 1.29 is 14.0 Å². The van der Waals surface area contributed by atoms with Gasteiger partial charge in [0.15, 0.2) is 11.6 Å². The summed E-state index contributed by atoms with van der Waals surface area (Å²) in [6, 6.07) is 9.90. The number of halogens is 2. The van der Waals surface area contributed by atoms with Crippen molar-refractivity contribution in [1.82, 2.24) is 15.0 Å². The number of aromatic nitrogens is 2. The van der Waals surface area contributed by atoms with E-state index in [2.05, 4.69) is 15.4 Å². The van der Waals surface area contributed by atoms with Crippen LogP contribution in [0.2, 0.25) is 0 Å². The van der Waals surface area contributed by atoms with E-state index in [4.69, 9.17) is 0 Å². The summed E-state index contributed by atoms with van der Waals surface area (Å²) in [5, 5.41) is 5.56. The number of benzene rings is 1. The highest BCUT2D eigenvalue weighted by molar-refractivity contribution is 7.18. The van der Waals surface area contributed by atoms with Crippen molar-refractivity contribution >= 4 is 62.9 Å². The Balaban J connectivity index is 0.00000231. The van der Waals surface area contributed by atoms with Gasteiger partial charge in [0.2, 0.25) is 0 Å². The maximum atomic E-state index is 13.8. The second-order valence-corrected chi connectivity index (χ2v) is 8.44. The lowest BCUT2D eigenvalue weighted by Crippen LogP contribution is -2.36. The van der Waals surface area contributed by atoms with E-state index < -0.39 is 17.6 Å². The van der Waals surface area contributed by atoms with E-state index in [0.29, 0.717) is 33.0 Å². The first-order valence-corrected chi connectivity index (χ1v) is 10.7. The lowest BCUT2D eigenvalue weighted by atomic mass is 10.1. The number of amides is 2. The monoisotopic (exact) mass is 472 g/mol. The van der Waals surface area contributed by atoms with Crippen molar-refractivity contribution in [3.63, 3.8) is 0 Å². The number of carbonyl (C=O) groups excluding carboxylic acids is 2. The van der Waals surface area contributed by atoms with Crippen LogP contribution in [0.5, 0.6) is 0 Å². The molecule has 0 unspecified atom stereocenters. The lowest BCUT2D eigenvalue weighted by Gasteiger charge is -2.18. The minimum absolute atomic E-state index is 0. The van der Waals surface area contributed by atoms with Gasteiger partial charge in [0.1, 0.15) is 10.6 Å². The number of carbonyl (C=O) groups is 2. The van der Waals surface area contributed by atoms with Crippen molar-refractivity contribution in [2.45, 2.75) is 6.92 Å². The van der Waals surface area contributed by atoms with E-state index in [1.54, 1.807) is 30.4 Å². The normalized spacial score (nSPS) is 13.5. The SMILES string of the molecule is CC1=CC(=O)N(Nc2nc(-c3cccc(F)c3)nc3scc(-c4cccs4)c23)C1=O.Cl.